The fraction of sp³-hybridized carbons (Fsp3) is 0.833. The Morgan fingerprint density at radius 1 is 1.44 bits per heavy atom. The highest BCUT2D eigenvalue weighted by atomic mass is 32.1. The topological polar surface area (TPSA) is 52.7 Å². The summed E-state index contributed by atoms with van der Waals surface area (Å²) in [5.41, 5.74) is 0. The van der Waals surface area contributed by atoms with E-state index in [-0.39, 0.29) is 17.9 Å². The van der Waals surface area contributed by atoms with Crippen LogP contribution in [0.1, 0.15) is 20.3 Å². The summed E-state index contributed by atoms with van der Waals surface area (Å²) in [5, 5.41) is 2.66. The van der Waals surface area contributed by atoms with E-state index in [4.69, 9.17) is 0 Å². The smallest absolute Gasteiger partial charge is 0.246 e. The Labute approximate surface area is 114 Å². The zero-order chi connectivity index (χ0) is 13.7. The lowest BCUT2D eigenvalue weighted by Crippen LogP contribution is -2.52. The van der Waals surface area contributed by atoms with E-state index in [1.54, 1.807) is 0 Å². The number of likely N-dealkylation sites (N-methyl/N-ethyl adjacent to an activating group) is 1. The molecule has 1 rings (SSSR count). The first-order valence-electron chi connectivity index (χ1n) is 6.32. The minimum absolute atomic E-state index is 0.0250. The first kappa shape index (κ1) is 15.3. The molecule has 1 heterocycles. The Bertz CT molecular complexity index is 312. The van der Waals surface area contributed by atoms with Gasteiger partial charge in [0.05, 0.1) is 0 Å². The van der Waals surface area contributed by atoms with Gasteiger partial charge in [-0.3, -0.25) is 9.59 Å². The molecule has 104 valence electrons. The molecule has 1 aliphatic rings. The van der Waals surface area contributed by atoms with Crippen molar-refractivity contribution in [2.24, 2.45) is 0 Å². The number of nitrogens with one attached hydrogen (secondary N) is 1. The summed E-state index contributed by atoms with van der Waals surface area (Å²) in [5.74, 6) is 0.113. The van der Waals surface area contributed by atoms with Gasteiger partial charge in [-0.25, -0.2) is 0 Å². The number of hydrogen-bond donors (Lipinski definition) is 2. The average molecular weight is 273 g/mol. The third-order valence-electron chi connectivity index (χ3n) is 3.19. The van der Waals surface area contributed by atoms with Gasteiger partial charge in [0.1, 0.15) is 6.04 Å². The van der Waals surface area contributed by atoms with Crippen molar-refractivity contribution in [1.82, 2.24) is 15.1 Å². The molecule has 1 fully saturated rings. The quantitative estimate of drug-likeness (QED) is 0.710. The molecule has 6 heteroatoms. The molecule has 2 amide bonds. The lowest BCUT2D eigenvalue weighted by molar-refractivity contribution is -0.137. The van der Waals surface area contributed by atoms with Gasteiger partial charge in [0.15, 0.2) is 0 Å². The van der Waals surface area contributed by atoms with Crippen LogP contribution in [0.5, 0.6) is 0 Å². The minimum Gasteiger partial charge on any atom is -0.344 e. The van der Waals surface area contributed by atoms with E-state index in [1.165, 1.54) is 6.92 Å². The predicted molar refractivity (Wildman–Crippen MR) is 74.7 cm³/mol. The molecule has 0 aromatic carbocycles. The Hall–Kier alpha value is -0.750. The zero-order valence-electron chi connectivity index (χ0n) is 11.3. The molecule has 5 nitrogen and oxygen atoms in total. The molecule has 0 aromatic heterocycles. The van der Waals surface area contributed by atoms with Crippen molar-refractivity contribution in [2.45, 2.75) is 32.4 Å². The molecule has 1 N–H and O–H groups in total. The number of thiol groups is 1. The van der Waals surface area contributed by atoms with Gasteiger partial charge in [-0.05, 0) is 26.9 Å². The molecule has 0 saturated carbocycles. The van der Waals surface area contributed by atoms with E-state index in [1.807, 2.05) is 11.8 Å². The molecule has 0 radical (unpaired) electrons. The van der Waals surface area contributed by atoms with E-state index in [0.717, 1.165) is 26.1 Å². The third kappa shape index (κ3) is 4.17. The number of carbonyl (C=O) groups excluding carboxylic acids is 2. The van der Waals surface area contributed by atoms with Crippen LogP contribution in [0.25, 0.3) is 0 Å². The highest BCUT2D eigenvalue weighted by molar-refractivity contribution is 7.80. The Morgan fingerprint density at radius 2 is 2.11 bits per heavy atom. The number of amides is 2. The summed E-state index contributed by atoms with van der Waals surface area (Å²) in [4.78, 5) is 27.5. The highest BCUT2D eigenvalue weighted by Crippen LogP contribution is 2.10. The van der Waals surface area contributed by atoms with Gasteiger partial charge < -0.3 is 15.1 Å². The van der Waals surface area contributed by atoms with Crippen LogP contribution < -0.4 is 5.32 Å². The maximum Gasteiger partial charge on any atom is 0.246 e. The summed E-state index contributed by atoms with van der Waals surface area (Å²) in [6, 6.07) is -0.349. The van der Waals surface area contributed by atoms with E-state index in [2.05, 4.69) is 29.9 Å². The van der Waals surface area contributed by atoms with Crippen LogP contribution in [0.3, 0.4) is 0 Å². The summed E-state index contributed by atoms with van der Waals surface area (Å²) in [6.45, 7) is 6.07. The number of hydrogen-bond acceptors (Lipinski definition) is 4. The van der Waals surface area contributed by atoms with E-state index in [9.17, 15) is 9.59 Å². The van der Waals surface area contributed by atoms with Gasteiger partial charge in [-0.2, -0.15) is 12.6 Å². The van der Waals surface area contributed by atoms with Crippen molar-refractivity contribution < 1.29 is 9.59 Å². The third-order valence-corrected chi connectivity index (χ3v) is 3.55. The second-order valence-corrected chi connectivity index (χ2v) is 5.30. The van der Waals surface area contributed by atoms with E-state index in [0.29, 0.717) is 5.75 Å². The molecule has 0 bridgehead atoms. The molecule has 1 saturated heterocycles. The maximum atomic E-state index is 12.4. The molecule has 0 spiro atoms. The fourth-order valence-electron chi connectivity index (χ4n) is 2.33. The molecular formula is C12H23N3O2S. The molecule has 2 unspecified atom stereocenters. The first-order valence-corrected chi connectivity index (χ1v) is 6.96. The highest BCUT2D eigenvalue weighted by Gasteiger charge is 2.29. The van der Waals surface area contributed by atoms with Crippen molar-refractivity contribution in [2.75, 3.05) is 32.4 Å². The van der Waals surface area contributed by atoms with Crippen molar-refractivity contribution in [1.29, 1.82) is 0 Å². The van der Waals surface area contributed by atoms with Gasteiger partial charge in [0.25, 0.3) is 0 Å². The second-order valence-electron chi connectivity index (χ2n) is 4.93. The van der Waals surface area contributed by atoms with Crippen molar-refractivity contribution in [3.63, 3.8) is 0 Å². The Kier molecular flexibility index (Phi) is 5.95. The largest absolute Gasteiger partial charge is 0.344 e. The molecule has 2 atom stereocenters. The average Bonchev–Trinajstić information content (AvgIpc) is 2.45. The predicted octanol–water partition coefficient (Wildman–Crippen LogP) is -0.0265. The van der Waals surface area contributed by atoms with Gasteiger partial charge >= 0.3 is 0 Å². The number of carbonyl (C=O) groups is 2. The summed E-state index contributed by atoms with van der Waals surface area (Å²) < 4.78 is 0. The molecule has 1 aliphatic heterocycles. The van der Waals surface area contributed by atoms with Gasteiger partial charge in [-0.15, -0.1) is 0 Å². The molecule has 18 heavy (non-hydrogen) atoms. The standard InChI is InChI=1S/C12H23N3O2S/c1-9-7-14(3)5-4-6-15(9)12(17)11(8-18)13-10(2)16/h9,11,18H,4-8H2,1-3H3,(H,13,16). The number of rotatable bonds is 3. The SMILES string of the molecule is CC(=O)NC(CS)C(=O)N1CCCN(C)CC1C. The fourth-order valence-corrected chi connectivity index (χ4v) is 2.58. The van der Waals surface area contributed by atoms with Crippen molar-refractivity contribution >= 4 is 24.4 Å². The van der Waals surface area contributed by atoms with E-state index < -0.39 is 6.04 Å². The Balaban J connectivity index is 2.70. The normalized spacial score (nSPS) is 23.3. The zero-order valence-corrected chi connectivity index (χ0v) is 12.2. The van der Waals surface area contributed by atoms with Crippen LogP contribution in [0.2, 0.25) is 0 Å². The molecule has 0 aromatic rings. The number of nitrogens with zero attached hydrogens (tertiary/aromatic N) is 2. The lowest BCUT2D eigenvalue weighted by atomic mass is 10.2. The van der Waals surface area contributed by atoms with Gasteiger partial charge in [0, 0.05) is 31.8 Å². The lowest BCUT2D eigenvalue weighted by Gasteiger charge is -2.31. The molecule has 0 aliphatic carbocycles. The molecular weight excluding hydrogens is 250 g/mol. The van der Waals surface area contributed by atoms with Crippen LogP contribution in [-0.2, 0) is 9.59 Å². The van der Waals surface area contributed by atoms with Gasteiger partial charge in [-0.1, -0.05) is 0 Å². The van der Waals surface area contributed by atoms with Crippen LogP contribution in [0.4, 0.5) is 0 Å². The van der Waals surface area contributed by atoms with E-state index >= 15 is 0 Å². The van der Waals surface area contributed by atoms with Crippen LogP contribution in [0, 0.1) is 0 Å². The minimum atomic E-state index is -0.517. The Morgan fingerprint density at radius 3 is 2.67 bits per heavy atom. The maximum absolute atomic E-state index is 12.4. The van der Waals surface area contributed by atoms with Crippen LogP contribution in [0.15, 0.2) is 0 Å². The summed E-state index contributed by atoms with van der Waals surface area (Å²) >= 11 is 4.15. The first-order chi connectivity index (χ1) is 8.45. The van der Waals surface area contributed by atoms with Crippen LogP contribution in [-0.4, -0.2) is 66.1 Å². The van der Waals surface area contributed by atoms with Crippen molar-refractivity contribution in [3.05, 3.63) is 0 Å². The van der Waals surface area contributed by atoms with Gasteiger partial charge in [0.2, 0.25) is 11.8 Å². The second kappa shape index (κ2) is 6.99. The van der Waals surface area contributed by atoms with Crippen molar-refractivity contribution in [3.8, 4) is 0 Å². The monoisotopic (exact) mass is 273 g/mol. The summed E-state index contributed by atoms with van der Waals surface area (Å²) in [6.07, 6.45) is 0.964. The summed E-state index contributed by atoms with van der Waals surface area (Å²) in [7, 11) is 2.06. The van der Waals surface area contributed by atoms with Crippen LogP contribution >= 0.6 is 12.6 Å².